The average Bonchev–Trinajstić information content (AvgIpc) is 2.77. The maximum absolute atomic E-state index is 13.0. The first-order chi connectivity index (χ1) is 15.6. The zero-order valence-corrected chi connectivity index (χ0v) is 17.5. The Bertz CT molecular complexity index is 1250. The fourth-order valence-corrected chi connectivity index (χ4v) is 2.90. The number of amides is 1. The van der Waals surface area contributed by atoms with Crippen molar-refractivity contribution < 1.29 is 32.2 Å². The lowest BCUT2D eigenvalue weighted by molar-refractivity contribution is -0.137. The summed E-state index contributed by atoms with van der Waals surface area (Å²) in [6, 6.07) is 11.8. The molecular formula is C22H18F3N3O5. The molecule has 0 radical (unpaired) electrons. The van der Waals surface area contributed by atoms with Crippen LogP contribution in [0, 0.1) is 6.92 Å². The normalized spacial score (nSPS) is 11.1. The van der Waals surface area contributed by atoms with Crippen LogP contribution in [0.15, 0.2) is 59.4 Å². The molecule has 3 rings (SSSR count). The first-order valence-electron chi connectivity index (χ1n) is 9.48. The summed E-state index contributed by atoms with van der Waals surface area (Å²) >= 11 is 0. The number of methoxy groups -OCH3 is 1. The number of halogens is 3. The third kappa shape index (κ3) is 5.56. The lowest BCUT2D eigenvalue weighted by Crippen LogP contribution is -2.27. The van der Waals surface area contributed by atoms with Gasteiger partial charge in [-0.1, -0.05) is 18.2 Å². The Morgan fingerprint density at radius 1 is 1.09 bits per heavy atom. The third-order valence-electron chi connectivity index (χ3n) is 4.43. The molecule has 0 aliphatic carbocycles. The molecule has 0 atom stereocenters. The first kappa shape index (κ1) is 23.5. The van der Waals surface area contributed by atoms with Crippen molar-refractivity contribution in [3.8, 4) is 11.4 Å². The maximum Gasteiger partial charge on any atom is 0.416 e. The van der Waals surface area contributed by atoms with Crippen LogP contribution >= 0.6 is 0 Å². The highest BCUT2D eigenvalue weighted by atomic mass is 19.4. The second-order valence-electron chi connectivity index (χ2n) is 6.78. The van der Waals surface area contributed by atoms with E-state index < -0.39 is 41.3 Å². The summed E-state index contributed by atoms with van der Waals surface area (Å²) in [6.07, 6.45) is -4.58. The summed E-state index contributed by atoms with van der Waals surface area (Å²) < 4.78 is 50.1. The smallest absolute Gasteiger partial charge is 0.416 e. The van der Waals surface area contributed by atoms with Crippen LogP contribution in [0.1, 0.15) is 21.7 Å². The molecule has 0 aliphatic heterocycles. The summed E-state index contributed by atoms with van der Waals surface area (Å²) in [5.74, 6) is -1.50. The first-order valence-corrected chi connectivity index (χ1v) is 9.48. The van der Waals surface area contributed by atoms with E-state index in [1.807, 2.05) is 0 Å². The molecule has 0 saturated heterocycles. The summed E-state index contributed by atoms with van der Waals surface area (Å²) in [6.45, 7) is 0.722. The number of rotatable bonds is 6. The zero-order chi connectivity index (χ0) is 24.2. The molecule has 0 aliphatic rings. The minimum absolute atomic E-state index is 0.00899. The van der Waals surface area contributed by atoms with E-state index in [1.165, 1.54) is 26.2 Å². The fraction of sp³-hybridized carbons (Fsp3) is 0.182. The Balaban J connectivity index is 1.79. The molecule has 0 saturated carbocycles. The van der Waals surface area contributed by atoms with Gasteiger partial charge in [0.1, 0.15) is 5.75 Å². The molecule has 0 unspecified atom stereocenters. The van der Waals surface area contributed by atoms with Crippen molar-refractivity contribution in [1.82, 2.24) is 9.78 Å². The topological polar surface area (TPSA) is 99.5 Å². The van der Waals surface area contributed by atoms with E-state index >= 15 is 0 Å². The van der Waals surface area contributed by atoms with Crippen LogP contribution in [-0.4, -0.2) is 35.4 Å². The van der Waals surface area contributed by atoms with E-state index in [4.69, 9.17) is 9.47 Å². The molecule has 2 aromatic carbocycles. The molecule has 3 aromatic rings. The summed E-state index contributed by atoms with van der Waals surface area (Å²) in [5, 5.41) is 6.36. The molecule has 0 fully saturated rings. The van der Waals surface area contributed by atoms with E-state index in [1.54, 1.807) is 24.3 Å². The number of hydrogen-bond acceptors (Lipinski definition) is 6. The Kier molecular flexibility index (Phi) is 6.80. The number of para-hydroxylation sites is 2. The van der Waals surface area contributed by atoms with Gasteiger partial charge in [0, 0.05) is 11.8 Å². The lowest BCUT2D eigenvalue weighted by Gasteiger charge is -2.13. The molecular weight excluding hydrogens is 443 g/mol. The van der Waals surface area contributed by atoms with Crippen LogP contribution in [0.25, 0.3) is 5.69 Å². The van der Waals surface area contributed by atoms with E-state index in [-0.39, 0.29) is 11.4 Å². The quantitative estimate of drug-likeness (QED) is 0.565. The molecule has 8 nitrogen and oxygen atoms in total. The van der Waals surface area contributed by atoms with E-state index in [9.17, 15) is 27.6 Å². The number of nitrogens with one attached hydrogen (secondary N) is 1. The van der Waals surface area contributed by atoms with Gasteiger partial charge in [-0.15, -0.1) is 0 Å². The highest BCUT2D eigenvalue weighted by Crippen LogP contribution is 2.30. The number of aromatic nitrogens is 2. The summed E-state index contributed by atoms with van der Waals surface area (Å²) in [7, 11) is 1.42. The van der Waals surface area contributed by atoms with Gasteiger partial charge in [0.25, 0.3) is 5.91 Å². The van der Waals surface area contributed by atoms with Crippen LogP contribution < -0.4 is 15.5 Å². The fourth-order valence-electron chi connectivity index (χ4n) is 2.90. The van der Waals surface area contributed by atoms with Crippen LogP contribution in [-0.2, 0) is 15.7 Å². The van der Waals surface area contributed by atoms with E-state index in [2.05, 4.69) is 10.4 Å². The molecule has 1 heterocycles. The SMILES string of the molecule is COc1ccccc1NC(=O)COC(=O)c1nn(-c2cccc(C(F)(F)F)c2)c(C)cc1=O. The van der Waals surface area contributed by atoms with Crippen molar-refractivity contribution in [2.24, 2.45) is 0 Å². The second kappa shape index (κ2) is 9.55. The molecule has 33 heavy (non-hydrogen) atoms. The molecule has 1 amide bonds. The van der Waals surface area contributed by atoms with Gasteiger partial charge in [0.05, 0.1) is 24.0 Å². The van der Waals surface area contributed by atoms with Crippen molar-refractivity contribution in [3.63, 3.8) is 0 Å². The minimum atomic E-state index is -4.58. The van der Waals surface area contributed by atoms with Crippen molar-refractivity contribution >= 4 is 17.6 Å². The third-order valence-corrected chi connectivity index (χ3v) is 4.43. The highest BCUT2D eigenvalue weighted by Gasteiger charge is 2.30. The predicted octanol–water partition coefficient (Wildman–Crippen LogP) is 3.36. The van der Waals surface area contributed by atoms with Crippen LogP contribution in [0.2, 0.25) is 0 Å². The Morgan fingerprint density at radius 2 is 1.82 bits per heavy atom. The number of carbonyl (C=O) groups excluding carboxylic acids is 2. The summed E-state index contributed by atoms with van der Waals surface area (Å²) in [4.78, 5) is 36.7. The van der Waals surface area contributed by atoms with E-state index in [0.717, 1.165) is 22.9 Å². The molecule has 11 heteroatoms. The Morgan fingerprint density at radius 3 is 2.52 bits per heavy atom. The van der Waals surface area contributed by atoms with Crippen LogP contribution in [0.5, 0.6) is 5.75 Å². The monoisotopic (exact) mass is 461 g/mol. The zero-order valence-electron chi connectivity index (χ0n) is 17.5. The van der Waals surface area contributed by atoms with Gasteiger partial charge in [0.2, 0.25) is 11.1 Å². The van der Waals surface area contributed by atoms with Gasteiger partial charge in [-0.3, -0.25) is 9.59 Å². The Labute approximate surface area is 185 Å². The van der Waals surface area contributed by atoms with Crippen LogP contribution in [0.3, 0.4) is 0 Å². The van der Waals surface area contributed by atoms with Crippen molar-refractivity contribution in [1.29, 1.82) is 0 Å². The number of alkyl halides is 3. The maximum atomic E-state index is 13.0. The standard InChI is InChI=1S/C22H18F3N3O5/c1-13-10-17(29)20(27-28(13)15-7-5-6-14(11-15)22(23,24)25)21(31)33-12-19(30)26-16-8-3-4-9-18(16)32-2/h3-11H,12H2,1-2H3,(H,26,30). The van der Waals surface area contributed by atoms with Crippen molar-refractivity contribution in [3.05, 3.63) is 81.8 Å². The number of benzene rings is 2. The average molecular weight is 461 g/mol. The van der Waals surface area contributed by atoms with Gasteiger partial charge in [-0.2, -0.15) is 18.3 Å². The van der Waals surface area contributed by atoms with Gasteiger partial charge in [-0.05, 0) is 37.3 Å². The second-order valence-corrected chi connectivity index (χ2v) is 6.78. The molecule has 0 bridgehead atoms. The van der Waals surface area contributed by atoms with Gasteiger partial charge in [-0.25, -0.2) is 9.48 Å². The van der Waals surface area contributed by atoms with Gasteiger partial charge < -0.3 is 14.8 Å². The van der Waals surface area contributed by atoms with E-state index in [0.29, 0.717) is 11.4 Å². The highest BCUT2D eigenvalue weighted by molar-refractivity contribution is 5.95. The molecule has 0 spiro atoms. The number of hydrogen-bond donors (Lipinski definition) is 1. The van der Waals surface area contributed by atoms with Crippen molar-refractivity contribution in [2.45, 2.75) is 13.1 Å². The number of carbonyl (C=O) groups is 2. The van der Waals surface area contributed by atoms with Gasteiger partial charge in [0.15, 0.2) is 6.61 Å². The Hall–Kier alpha value is -4.15. The molecule has 1 N–H and O–H groups in total. The predicted molar refractivity (Wildman–Crippen MR) is 111 cm³/mol. The molecule has 172 valence electrons. The number of nitrogens with zero attached hydrogens (tertiary/aromatic N) is 2. The van der Waals surface area contributed by atoms with Gasteiger partial charge >= 0.3 is 12.1 Å². The summed E-state index contributed by atoms with van der Waals surface area (Å²) in [5.41, 5.74) is -1.86. The number of ether oxygens (including phenoxy) is 2. The van der Waals surface area contributed by atoms with Crippen molar-refractivity contribution in [2.75, 3.05) is 19.0 Å². The van der Waals surface area contributed by atoms with Crippen LogP contribution in [0.4, 0.5) is 18.9 Å². The number of esters is 1. The largest absolute Gasteiger partial charge is 0.495 e. The number of aryl methyl sites for hydroxylation is 1. The minimum Gasteiger partial charge on any atom is -0.495 e. The lowest BCUT2D eigenvalue weighted by atomic mass is 10.2. The number of anilines is 1. The molecule has 1 aromatic heterocycles.